The number of carbonyl (C=O) groups excluding carboxylic acids is 1. The predicted octanol–water partition coefficient (Wildman–Crippen LogP) is 5.55. The molecular formula is C23H31NO3. The van der Waals surface area contributed by atoms with Crippen LogP contribution in [0.2, 0.25) is 0 Å². The van der Waals surface area contributed by atoms with E-state index >= 15 is 0 Å². The van der Waals surface area contributed by atoms with Crippen molar-refractivity contribution in [2.75, 3.05) is 19.0 Å². The number of hydrogen-bond donors (Lipinski definition) is 1. The number of anilines is 1. The van der Waals surface area contributed by atoms with Crippen molar-refractivity contribution in [2.24, 2.45) is 5.92 Å². The smallest absolute Gasteiger partial charge is 0.256 e. The number of nitrogens with one attached hydrogen (secondary N) is 1. The minimum absolute atomic E-state index is 0.0401. The highest BCUT2D eigenvalue weighted by molar-refractivity contribution is 6.06. The quantitative estimate of drug-likeness (QED) is 0.651. The second-order valence-corrected chi connectivity index (χ2v) is 7.69. The third-order valence-electron chi connectivity index (χ3n) is 5.77. The van der Waals surface area contributed by atoms with Gasteiger partial charge in [0, 0.05) is 23.6 Å². The molecule has 1 saturated carbocycles. The van der Waals surface area contributed by atoms with Crippen LogP contribution < -0.4 is 10.1 Å². The third-order valence-corrected chi connectivity index (χ3v) is 5.77. The van der Waals surface area contributed by atoms with Gasteiger partial charge in [0.05, 0.1) is 6.61 Å². The molecule has 1 amide bonds. The summed E-state index contributed by atoms with van der Waals surface area (Å²) in [5.74, 6) is 1.48. The molecule has 2 aromatic rings. The molecule has 0 unspecified atom stereocenters. The molecule has 0 radical (unpaired) electrons. The lowest BCUT2D eigenvalue weighted by atomic mass is 9.79. The molecule has 0 aromatic heterocycles. The van der Waals surface area contributed by atoms with Crippen LogP contribution >= 0.6 is 0 Å². The van der Waals surface area contributed by atoms with Crippen molar-refractivity contribution in [1.82, 2.24) is 0 Å². The van der Waals surface area contributed by atoms with Crippen LogP contribution in [0.15, 0.2) is 36.4 Å². The minimum Gasteiger partial charge on any atom is -0.493 e. The molecule has 1 aliphatic rings. The maximum Gasteiger partial charge on any atom is 0.256 e. The van der Waals surface area contributed by atoms with E-state index in [1.807, 2.05) is 36.4 Å². The standard InChI is InChI=1S/C23H31NO3/c1-4-5-16-27-21-11-10-20(18-8-6-7-9-19(18)21)24-22(25)23(26-3)14-12-17(2)13-15-23/h6-11,17H,4-5,12-16H2,1-3H3,(H,24,25). The first-order valence-corrected chi connectivity index (χ1v) is 10.1. The summed E-state index contributed by atoms with van der Waals surface area (Å²) in [6, 6.07) is 12.0. The maximum absolute atomic E-state index is 13.1. The van der Waals surface area contributed by atoms with Gasteiger partial charge in [0.1, 0.15) is 11.4 Å². The summed E-state index contributed by atoms with van der Waals surface area (Å²) >= 11 is 0. The summed E-state index contributed by atoms with van der Waals surface area (Å²) in [4.78, 5) is 13.1. The molecule has 0 aliphatic heterocycles. The van der Waals surface area contributed by atoms with Crippen LogP contribution in [0.3, 0.4) is 0 Å². The van der Waals surface area contributed by atoms with Gasteiger partial charge in [0.2, 0.25) is 0 Å². The first-order valence-electron chi connectivity index (χ1n) is 10.1. The van der Waals surface area contributed by atoms with E-state index in [4.69, 9.17) is 9.47 Å². The fourth-order valence-corrected chi connectivity index (χ4v) is 3.82. The van der Waals surface area contributed by atoms with Crippen molar-refractivity contribution in [1.29, 1.82) is 0 Å². The van der Waals surface area contributed by atoms with Crippen LogP contribution in [0.1, 0.15) is 52.4 Å². The first kappa shape index (κ1) is 19.7. The summed E-state index contributed by atoms with van der Waals surface area (Å²) in [6.45, 7) is 5.09. The first-order chi connectivity index (χ1) is 13.1. The zero-order valence-corrected chi connectivity index (χ0v) is 16.7. The van der Waals surface area contributed by atoms with E-state index < -0.39 is 5.60 Å². The van der Waals surface area contributed by atoms with Gasteiger partial charge in [-0.3, -0.25) is 4.79 Å². The number of carbonyl (C=O) groups is 1. The van der Waals surface area contributed by atoms with E-state index in [1.165, 1.54) is 0 Å². The molecule has 1 fully saturated rings. The highest BCUT2D eigenvalue weighted by Gasteiger charge is 2.41. The van der Waals surface area contributed by atoms with Crippen molar-refractivity contribution in [3.05, 3.63) is 36.4 Å². The van der Waals surface area contributed by atoms with Crippen LogP contribution in [-0.4, -0.2) is 25.2 Å². The average Bonchev–Trinajstić information content (AvgIpc) is 2.70. The van der Waals surface area contributed by atoms with E-state index in [0.717, 1.165) is 60.7 Å². The van der Waals surface area contributed by atoms with Gasteiger partial charge in [-0.05, 0) is 50.2 Å². The molecule has 27 heavy (non-hydrogen) atoms. The fourth-order valence-electron chi connectivity index (χ4n) is 3.82. The van der Waals surface area contributed by atoms with Crippen molar-refractivity contribution in [3.8, 4) is 5.75 Å². The summed E-state index contributed by atoms with van der Waals surface area (Å²) < 4.78 is 11.7. The topological polar surface area (TPSA) is 47.6 Å². The molecule has 0 saturated heterocycles. The van der Waals surface area contributed by atoms with E-state index in [1.54, 1.807) is 7.11 Å². The lowest BCUT2D eigenvalue weighted by molar-refractivity contribution is -0.142. The molecule has 1 aliphatic carbocycles. The third kappa shape index (κ3) is 4.27. The Morgan fingerprint density at radius 2 is 1.85 bits per heavy atom. The van der Waals surface area contributed by atoms with Crippen molar-refractivity contribution in [3.63, 3.8) is 0 Å². The van der Waals surface area contributed by atoms with Crippen molar-refractivity contribution < 1.29 is 14.3 Å². The fraction of sp³-hybridized carbons (Fsp3) is 0.522. The Morgan fingerprint density at radius 3 is 2.52 bits per heavy atom. The Balaban J connectivity index is 1.84. The predicted molar refractivity (Wildman–Crippen MR) is 110 cm³/mol. The molecule has 4 nitrogen and oxygen atoms in total. The van der Waals surface area contributed by atoms with Crippen LogP contribution in [0, 0.1) is 5.92 Å². The largest absolute Gasteiger partial charge is 0.493 e. The zero-order chi connectivity index (χ0) is 19.3. The van der Waals surface area contributed by atoms with Crippen LogP contribution in [0.4, 0.5) is 5.69 Å². The molecular weight excluding hydrogens is 338 g/mol. The number of hydrogen-bond acceptors (Lipinski definition) is 3. The van der Waals surface area contributed by atoms with Gasteiger partial charge in [-0.15, -0.1) is 0 Å². The zero-order valence-electron chi connectivity index (χ0n) is 16.7. The minimum atomic E-state index is -0.718. The number of benzene rings is 2. The van der Waals surface area contributed by atoms with Gasteiger partial charge in [0.15, 0.2) is 0 Å². The lowest BCUT2D eigenvalue weighted by Crippen LogP contribution is -2.47. The summed E-state index contributed by atoms with van der Waals surface area (Å²) in [5, 5.41) is 5.16. The molecule has 146 valence electrons. The Morgan fingerprint density at radius 1 is 1.15 bits per heavy atom. The Bertz CT molecular complexity index is 778. The van der Waals surface area contributed by atoms with E-state index in [0.29, 0.717) is 12.5 Å². The second kappa shape index (κ2) is 8.75. The average molecular weight is 370 g/mol. The van der Waals surface area contributed by atoms with Gasteiger partial charge in [-0.1, -0.05) is 44.5 Å². The maximum atomic E-state index is 13.1. The van der Waals surface area contributed by atoms with Gasteiger partial charge < -0.3 is 14.8 Å². The van der Waals surface area contributed by atoms with E-state index in [2.05, 4.69) is 19.2 Å². The number of rotatable bonds is 7. The SMILES string of the molecule is CCCCOc1ccc(NC(=O)C2(OC)CCC(C)CC2)c2ccccc12. The molecule has 0 spiro atoms. The van der Waals surface area contributed by atoms with Crippen LogP contribution in [-0.2, 0) is 9.53 Å². The van der Waals surface area contributed by atoms with Gasteiger partial charge in [-0.2, -0.15) is 0 Å². The number of fused-ring (bicyclic) bond motifs is 1. The van der Waals surface area contributed by atoms with Gasteiger partial charge in [0.25, 0.3) is 5.91 Å². The van der Waals surface area contributed by atoms with Crippen LogP contribution in [0.25, 0.3) is 10.8 Å². The summed E-state index contributed by atoms with van der Waals surface area (Å²) in [7, 11) is 1.65. The number of amides is 1. The molecule has 3 rings (SSSR count). The second-order valence-electron chi connectivity index (χ2n) is 7.69. The summed E-state index contributed by atoms with van der Waals surface area (Å²) in [6.07, 6.45) is 5.71. The van der Waals surface area contributed by atoms with Crippen molar-refractivity contribution in [2.45, 2.75) is 58.0 Å². The highest BCUT2D eigenvalue weighted by atomic mass is 16.5. The molecule has 0 heterocycles. The Labute approximate surface area is 162 Å². The number of ether oxygens (including phenoxy) is 2. The Kier molecular flexibility index (Phi) is 6.38. The van der Waals surface area contributed by atoms with Gasteiger partial charge >= 0.3 is 0 Å². The lowest BCUT2D eigenvalue weighted by Gasteiger charge is -2.36. The van der Waals surface area contributed by atoms with E-state index in [-0.39, 0.29) is 5.91 Å². The molecule has 4 heteroatoms. The Hall–Kier alpha value is -2.07. The number of methoxy groups -OCH3 is 1. The van der Waals surface area contributed by atoms with E-state index in [9.17, 15) is 4.79 Å². The highest BCUT2D eigenvalue weighted by Crippen LogP contribution is 2.37. The monoisotopic (exact) mass is 369 g/mol. The van der Waals surface area contributed by atoms with Gasteiger partial charge in [-0.25, -0.2) is 0 Å². The number of unbranched alkanes of at least 4 members (excludes halogenated alkanes) is 1. The molecule has 0 atom stereocenters. The molecule has 1 N–H and O–H groups in total. The summed E-state index contributed by atoms with van der Waals surface area (Å²) in [5.41, 5.74) is 0.0951. The normalized spacial score (nSPS) is 22.6. The molecule has 0 bridgehead atoms. The van der Waals surface area contributed by atoms with Crippen molar-refractivity contribution >= 4 is 22.4 Å². The molecule has 2 aromatic carbocycles. The van der Waals surface area contributed by atoms with Crippen LogP contribution in [0.5, 0.6) is 5.75 Å².